The van der Waals surface area contributed by atoms with E-state index in [2.05, 4.69) is 29.9 Å². The topological polar surface area (TPSA) is 218 Å². The number of halogens is 4. The molecule has 0 saturated carbocycles. The minimum atomic E-state index is -3.91. The van der Waals surface area contributed by atoms with Crippen LogP contribution in [-0.4, -0.2) is 158 Å². The maximum Gasteiger partial charge on any atom is 0.314 e. The Morgan fingerprint density at radius 2 is 0.932 bits per heavy atom. The number of fused-ring (bicyclic) bond motifs is 2. The number of amides is 4. The smallest absolute Gasteiger partial charge is 0.314 e. The van der Waals surface area contributed by atoms with Crippen molar-refractivity contribution in [2.45, 2.75) is 47.5 Å². The Balaban J connectivity index is 0.812. The van der Waals surface area contributed by atoms with Crippen molar-refractivity contribution in [3.63, 3.8) is 0 Å². The van der Waals surface area contributed by atoms with Gasteiger partial charge in [0.25, 0.3) is 0 Å². The van der Waals surface area contributed by atoms with Gasteiger partial charge in [0.1, 0.15) is 0 Å². The maximum atomic E-state index is 13.2. The third-order valence-electron chi connectivity index (χ3n) is 11.6. The van der Waals surface area contributed by atoms with Gasteiger partial charge < -0.3 is 50.0 Å². The summed E-state index contributed by atoms with van der Waals surface area (Å²) in [5.74, 6) is -0.326. The summed E-state index contributed by atoms with van der Waals surface area (Å²) in [6.07, 6.45) is -7.58. The molecule has 4 amide bonds. The molecule has 0 fully saturated rings. The summed E-state index contributed by atoms with van der Waals surface area (Å²) in [7, 11) is -3.91. The van der Waals surface area contributed by atoms with Gasteiger partial charge in [-0.05, 0) is 109 Å². The molecular formula is C50H66Cl4N8O10S2. The molecule has 0 saturated heterocycles. The molecule has 0 unspecified atom stereocenters. The van der Waals surface area contributed by atoms with E-state index in [1.165, 1.54) is 12.1 Å². The lowest BCUT2D eigenvalue weighted by Gasteiger charge is -2.33. The average molecular weight is 1150 g/mol. The fourth-order valence-electron chi connectivity index (χ4n) is 8.17. The Kier molecular flexibility index (Phi) is 19.4. The monoisotopic (exact) mass is 1150 g/mol. The van der Waals surface area contributed by atoms with Crippen molar-refractivity contribution in [2.75, 3.05) is 119 Å². The van der Waals surface area contributed by atoms with Crippen LogP contribution in [0.5, 0.6) is 0 Å². The number of carbonyl (C=O) groups is 2. The van der Waals surface area contributed by atoms with E-state index in [1.807, 2.05) is 38.4 Å². The van der Waals surface area contributed by atoms with Crippen LogP contribution in [0, 0.1) is 0 Å². The van der Waals surface area contributed by atoms with Crippen LogP contribution in [0.2, 0.25) is 20.1 Å². The first-order valence-electron chi connectivity index (χ1n) is 27.4. The van der Waals surface area contributed by atoms with Gasteiger partial charge in [0.15, 0.2) is 0 Å². The van der Waals surface area contributed by atoms with Crippen molar-refractivity contribution in [1.29, 1.82) is 0 Å². The molecular weight excluding hydrogens is 1080 g/mol. The Bertz CT molecular complexity index is 2910. The second-order valence-electron chi connectivity index (χ2n) is 17.1. The van der Waals surface area contributed by atoms with Gasteiger partial charge in [0, 0.05) is 108 Å². The Labute approximate surface area is 466 Å². The lowest BCUT2D eigenvalue weighted by Crippen LogP contribution is -2.39. The van der Waals surface area contributed by atoms with Gasteiger partial charge in [0.2, 0.25) is 20.0 Å². The normalized spacial score (nSPS) is 18.5. The van der Waals surface area contributed by atoms with Crippen molar-refractivity contribution >= 4 is 78.5 Å². The minimum Gasteiger partial charge on any atom is -0.378 e. The predicted octanol–water partition coefficient (Wildman–Crippen LogP) is 6.16. The molecule has 6 N–H and O–H groups in total. The van der Waals surface area contributed by atoms with Crippen molar-refractivity contribution in [1.82, 2.24) is 40.5 Å². The van der Waals surface area contributed by atoms with E-state index in [-0.39, 0.29) is 101 Å². The molecule has 6 rings (SSSR count). The van der Waals surface area contributed by atoms with Crippen LogP contribution < -0.4 is 30.7 Å². The first-order valence-corrected chi connectivity index (χ1v) is 27.9. The van der Waals surface area contributed by atoms with E-state index < -0.39 is 57.8 Å². The zero-order chi connectivity index (χ0) is 60.3. The number of likely N-dealkylation sites (N-methyl/N-ethyl adjacent to an activating group) is 2. The number of rotatable bonds is 29. The molecule has 2 heterocycles. The van der Waals surface area contributed by atoms with Crippen molar-refractivity contribution < 1.29 is 56.3 Å². The highest BCUT2D eigenvalue weighted by Gasteiger charge is 2.30. The predicted molar refractivity (Wildman–Crippen MR) is 288 cm³/mol. The van der Waals surface area contributed by atoms with Gasteiger partial charge >= 0.3 is 12.1 Å². The first-order chi connectivity index (χ1) is 38.5. The summed E-state index contributed by atoms with van der Waals surface area (Å²) in [6, 6.07) is 17.8. The number of hydrogen-bond acceptors (Lipinski definition) is 12. The van der Waals surface area contributed by atoms with Crippen LogP contribution in [0.3, 0.4) is 0 Å². The number of carbonyl (C=O) groups excluding carboxylic acids is 2. The molecule has 74 heavy (non-hydrogen) atoms. The van der Waals surface area contributed by atoms with Crippen molar-refractivity contribution in [3.05, 3.63) is 126 Å². The molecule has 2 aliphatic heterocycles. The molecule has 2 atom stereocenters. The molecule has 2 aliphatic rings. The zero-order valence-corrected chi connectivity index (χ0v) is 45.4. The van der Waals surface area contributed by atoms with Crippen LogP contribution in [0.25, 0.3) is 0 Å². The van der Waals surface area contributed by atoms with Crippen LogP contribution in [0.4, 0.5) is 9.59 Å². The number of ether oxygens (including phenoxy) is 4. The average Bonchev–Trinajstić information content (AvgIpc) is 3.58. The summed E-state index contributed by atoms with van der Waals surface area (Å²) in [6.45, 7) is -5.22. The van der Waals surface area contributed by atoms with Gasteiger partial charge in [-0.15, -0.1) is 0 Å². The van der Waals surface area contributed by atoms with E-state index in [4.69, 9.17) is 76.3 Å². The molecule has 0 radical (unpaired) electrons. The first kappa shape index (κ1) is 48.5. The second kappa shape index (κ2) is 29.6. The van der Waals surface area contributed by atoms with Crippen LogP contribution in [-0.2, 0) is 52.1 Å². The lowest BCUT2D eigenvalue weighted by molar-refractivity contribution is 0.0516. The van der Waals surface area contributed by atoms with Gasteiger partial charge in [-0.1, -0.05) is 70.7 Å². The molecule has 0 aliphatic carbocycles. The molecule has 0 aromatic heterocycles. The summed E-state index contributed by atoms with van der Waals surface area (Å²) < 4.78 is 145. The summed E-state index contributed by atoms with van der Waals surface area (Å²) in [5.41, 5.74) is 5.32. The Morgan fingerprint density at radius 3 is 1.32 bits per heavy atom. The van der Waals surface area contributed by atoms with E-state index in [1.54, 1.807) is 47.0 Å². The highest BCUT2D eigenvalue weighted by molar-refractivity contribution is 7.89. The SMILES string of the molecule is [2H]C([2H])(NC(=O)NCCOCCOCCNS(=O)(=O)c1cccc([C@@H]2CN(C)Cc3c(Cl)cc(Cl)cc32)c1)C([2H])([2H])C([2H])([2H])C([2H])([2H])NC(=O)NCCOCCOCCNS(=O)(=O)c1cccc([C@@H]2CN(C)Cc3c(Cl)cc(Cl)cc32)c1. The molecule has 0 bridgehead atoms. The Hall–Kier alpha value is -3.84. The number of benzene rings is 4. The molecule has 24 heteroatoms. The lowest BCUT2D eigenvalue weighted by atomic mass is 9.85. The second-order valence-corrected chi connectivity index (χ2v) is 22.3. The maximum absolute atomic E-state index is 13.2. The summed E-state index contributed by atoms with van der Waals surface area (Å²) in [4.78, 5) is 29.5. The quantitative estimate of drug-likeness (QED) is 0.0337. The number of urea groups is 2. The van der Waals surface area contributed by atoms with Gasteiger partial charge in [-0.25, -0.2) is 35.9 Å². The van der Waals surface area contributed by atoms with Crippen LogP contribution in [0.1, 0.15) is 68.9 Å². The molecule has 4 aromatic carbocycles. The number of sulfonamides is 2. The molecule has 18 nitrogen and oxygen atoms in total. The van der Waals surface area contributed by atoms with E-state index in [9.17, 15) is 26.4 Å². The molecule has 406 valence electrons. The van der Waals surface area contributed by atoms with E-state index >= 15 is 0 Å². The standard InChI is InChI=1S/C50H66Cl4N8O10S2/c1-61-31-43(41-27-37(51)29-47(53)45(41)33-61)35-7-5-9-39(25-35)73(65,66)59-15-19-71-23-21-69-17-13-57-49(63)55-11-3-4-12-56-50(64)58-14-18-70-22-24-72-20-16-60-74(67,68)40-10-6-8-36(26-40)44-32-62(2)34-46-42(44)28-38(52)30-48(46)54/h5-10,25-30,43-44,59-60H,3-4,11-24,31-34H2,1-2H3,(H2,55,57,63)(H2,56,58,64)/t43-,44-/m0/s1/i3D2,4D2,11D2,12D2. The van der Waals surface area contributed by atoms with Crippen molar-refractivity contribution in [3.8, 4) is 0 Å². The fraction of sp³-hybridized carbons (Fsp3) is 0.480. The fourth-order valence-corrected chi connectivity index (χ4v) is 11.4. The van der Waals surface area contributed by atoms with Crippen LogP contribution in [0.15, 0.2) is 82.6 Å². The largest absolute Gasteiger partial charge is 0.378 e. The number of nitrogens with zero attached hydrogens (tertiary/aromatic N) is 2. The van der Waals surface area contributed by atoms with Gasteiger partial charge in [-0.2, -0.15) is 0 Å². The summed E-state index contributed by atoms with van der Waals surface area (Å²) >= 11 is 25.7. The van der Waals surface area contributed by atoms with Gasteiger partial charge in [0.05, 0.1) is 62.6 Å². The number of nitrogens with one attached hydrogen (secondary N) is 6. The van der Waals surface area contributed by atoms with Crippen molar-refractivity contribution in [2.24, 2.45) is 0 Å². The summed E-state index contributed by atoms with van der Waals surface area (Å²) in [5, 5.41) is 9.88. The molecule has 0 spiro atoms. The minimum absolute atomic E-state index is 0.00143. The van der Waals surface area contributed by atoms with E-state index in [0.717, 1.165) is 33.4 Å². The number of hydrogen-bond donors (Lipinski definition) is 6. The zero-order valence-electron chi connectivity index (χ0n) is 48.7. The van der Waals surface area contributed by atoms with E-state index in [0.29, 0.717) is 46.3 Å². The highest BCUT2D eigenvalue weighted by atomic mass is 35.5. The third-order valence-corrected chi connectivity index (χ3v) is 15.6. The highest BCUT2D eigenvalue weighted by Crippen LogP contribution is 2.40. The molecule has 4 aromatic rings. The van der Waals surface area contributed by atoms with Gasteiger partial charge in [-0.3, -0.25) is 0 Å². The Morgan fingerprint density at radius 1 is 0.554 bits per heavy atom. The van der Waals surface area contributed by atoms with Crippen LogP contribution >= 0.6 is 46.4 Å². The third kappa shape index (κ3) is 18.4.